The molecule has 0 aliphatic carbocycles. The number of aliphatic carboxylic acids is 1. The fraction of sp³-hybridized carbons (Fsp3) is 0.167. The summed E-state index contributed by atoms with van der Waals surface area (Å²) in [7, 11) is 0. The van der Waals surface area contributed by atoms with Crippen LogP contribution in [0.25, 0.3) is 11.1 Å². The molecular formula is C18H16O2. The van der Waals surface area contributed by atoms with Gasteiger partial charge in [-0.25, -0.2) is 4.79 Å². The van der Waals surface area contributed by atoms with Crippen LogP contribution < -0.4 is 0 Å². The molecule has 0 radical (unpaired) electrons. The molecule has 0 fully saturated rings. The number of carboxylic acid groups (broad SMARTS) is 1. The Morgan fingerprint density at radius 3 is 2.45 bits per heavy atom. The van der Waals surface area contributed by atoms with Gasteiger partial charge in [0.15, 0.2) is 0 Å². The average molecular weight is 264 g/mol. The van der Waals surface area contributed by atoms with Gasteiger partial charge in [0.25, 0.3) is 0 Å². The fourth-order valence-corrected chi connectivity index (χ4v) is 2.14. The van der Waals surface area contributed by atoms with Crippen LogP contribution in [0, 0.1) is 11.8 Å². The molecule has 0 heterocycles. The highest BCUT2D eigenvalue weighted by molar-refractivity contribution is 5.86. The minimum atomic E-state index is -1.06. The maximum Gasteiger partial charge on any atom is 0.381 e. The van der Waals surface area contributed by atoms with Crippen molar-refractivity contribution in [2.24, 2.45) is 0 Å². The molecule has 20 heavy (non-hydrogen) atoms. The van der Waals surface area contributed by atoms with Crippen molar-refractivity contribution in [3.8, 4) is 23.0 Å². The first kappa shape index (κ1) is 13.9. The maximum absolute atomic E-state index is 10.3. The summed E-state index contributed by atoms with van der Waals surface area (Å²) in [4.78, 5) is 10.3. The van der Waals surface area contributed by atoms with Crippen molar-refractivity contribution in [3.63, 3.8) is 0 Å². The molecule has 2 nitrogen and oxygen atoms in total. The number of carbonyl (C=O) groups is 1. The van der Waals surface area contributed by atoms with Gasteiger partial charge in [-0.1, -0.05) is 60.5 Å². The Balaban J connectivity index is 2.06. The second-order valence-corrected chi connectivity index (χ2v) is 4.48. The van der Waals surface area contributed by atoms with E-state index in [1.54, 1.807) is 0 Å². The number of unbranched alkanes of at least 4 members (excludes halogenated alkanes) is 1. The van der Waals surface area contributed by atoms with Gasteiger partial charge in [-0.05, 0) is 29.5 Å². The van der Waals surface area contributed by atoms with Crippen LogP contribution in [-0.2, 0) is 11.2 Å². The quantitative estimate of drug-likeness (QED) is 0.674. The van der Waals surface area contributed by atoms with E-state index in [1.165, 1.54) is 16.7 Å². The third-order valence-corrected chi connectivity index (χ3v) is 3.05. The van der Waals surface area contributed by atoms with Crippen LogP contribution in [-0.4, -0.2) is 11.1 Å². The van der Waals surface area contributed by atoms with E-state index in [9.17, 15) is 4.79 Å². The molecular weight excluding hydrogens is 248 g/mol. The Bertz CT molecular complexity index is 633. The molecule has 2 aromatic rings. The van der Waals surface area contributed by atoms with Gasteiger partial charge in [-0.2, -0.15) is 0 Å². The van der Waals surface area contributed by atoms with Crippen LogP contribution in [0.15, 0.2) is 54.6 Å². The lowest BCUT2D eigenvalue weighted by molar-refractivity contribution is -0.130. The minimum Gasteiger partial charge on any atom is -0.472 e. The molecule has 0 bridgehead atoms. The van der Waals surface area contributed by atoms with Crippen molar-refractivity contribution in [1.82, 2.24) is 0 Å². The van der Waals surface area contributed by atoms with Crippen molar-refractivity contribution in [1.29, 1.82) is 0 Å². The van der Waals surface area contributed by atoms with E-state index in [-0.39, 0.29) is 0 Å². The van der Waals surface area contributed by atoms with Crippen LogP contribution >= 0.6 is 0 Å². The number of rotatable bonds is 4. The molecule has 0 aliphatic heterocycles. The van der Waals surface area contributed by atoms with Gasteiger partial charge < -0.3 is 5.11 Å². The zero-order valence-corrected chi connectivity index (χ0v) is 11.2. The van der Waals surface area contributed by atoms with Crippen molar-refractivity contribution >= 4 is 5.97 Å². The number of hydrogen-bond acceptors (Lipinski definition) is 1. The van der Waals surface area contributed by atoms with Crippen LogP contribution in [0.4, 0.5) is 0 Å². The summed E-state index contributed by atoms with van der Waals surface area (Å²) in [6.45, 7) is 0. The van der Waals surface area contributed by atoms with Gasteiger partial charge in [0.2, 0.25) is 0 Å². The molecule has 0 aromatic heterocycles. The molecule has 0 saturated carbocycles. The van der Waals surface area contributed by atoms with E-state index in [0.717, 1.165) is 12.8 Å². The molecule has 100 valence electrons. The summed E-state index contributed by atoms with van der Waals surface area (Å²) in [6, 6.07) is 18.6. The van der Waals surface area contributed by atoms with Crippen LogP contribution in [0.3, 0.4) is 0 Å². The maximum atomic E-state index is 10.3. The highest BCUT2D eigenvalue weighted by atomic mass is 16.4. The molecule has 0 amide bonds. The third kappa shape index (κ3) is 4.00. The lowest BCUT2D eigenvalue weighted by atomic mass is 9.96. The Morgan fingerprint density at radius 1 is 1.00 bits per heavy atom. The topological polar surface area (TPSA) is 37.3 Å². The zero-order valence-electron chi connectivity index (χ0n) is 11.2. The first-order valence-corrected chi connectivity index (χ1v) is 6.62. The van der Waals surface area contributed by atoms with Gasteiger partial charge in [-0.3, -0.25) is 0 Å². The molecule has 0 spiro atoms. The SMILES string of the molecule is O=C(O)C#CCCCc1ccccc1-c1ccccc1. The number of benzene rings is 2. The molecule has 0 atom stereocenters. The van der Waals surface area contributed by atoms with Gasteiger partial charge in [0.05, 0.1) is 0 Å². The first-order chi connectivity index (χ1) is 9.77. The summed E-state index contributed by atoms with van der Waals surface area (Å²) in [5, 5.41) is 8.45. The van der Waals surface area contributed by atoms with Crippen LogP contribution in [0.2, 0.25) is 0 Å². The lowest BCUT2D eigenvalue weighted by Crippen LogP contribution is -1.91. The summed E-state index contributed by atoms with van der Waals surface area (Å²) in [6.07, 6.45) is 2.37. The summed E-state index contributed by atoms with van der Waals surface area (Å²) >= 11 is 0. The van der Waals surface area contributed by atoms with Crippen molar-refractivity contribution in [2.45, 2.75) is 19.3 Å². The predicted octanol–water partition coefficient (Wildman–Crippen LogP) is 3.76. The van der Waals surface area contributed by atoms with E-state index in [4.69, 9.17) is 5.11 Å². The van der Waals surface area contributed by atoms with Gasteiger partial charge in [0.1, 0.15) is 0 Å². The smallest absolute Gasteiger partial charge is 0.381 e. The largest absolute Gasteiger partial charge is 0.472 e. The Kier molecular flexibility index (Phi) is 4.97. The number of hydrogen-bond donors (Lipinski definition) is 1. The van der Waals surface area contributed by atoms with E-state index in [1.807, 2.05) is 30.3 Å². The molecule has 2 rings (SSSR count). The van der Waals surface area contributed by atoms with E-state index >= 15 is 0 Å². The molecule has 1 N–H and O–H groups in total. The monoisotopic (exact) mass is 264 g/mol. The standard InChI is InChI=1S/C18H16O2/c19-18(20)14-6-2-5-11-16-12-7-8-13-17(16)15-9-3-1-4-10-15/h1,3-4,7-10,12-13H,2,5,11H2,(H,19,20). The molecule has 0 unspecified atom stereocenters. The summed E-state index contributed by atoms with van der Waals surface area (Å²) in [5.74, 6) is 3.75. The highest BCUT2D eigenvalue weighted by Gasteiger charge is 2.03. The minimum absolute atomic E-state index is 0.607. The molecule has 0 aliphatic rings. The zero-order chi connectivity index (χ0) is 14.2. The Hall–Kier alpha value is -2.53. The van der Waals surface area contributed by atoms with Crippen molar-refractivity contribution < 1.29 is 9.90 Å². The normalized spacial score (nSPS) is 9.60. The van der Waals surface area contributed by atoms with E-state index < -0.39 is 5.97 Å². The second-order valence-electron chi connectivity index (χ2n) is 4.48. The molecule has 2 aromatic carbocycles. The van der Waals surface area contributed by atoms with E-state index in [2.05, 4.69) is 36.1 Å². The Labute approximate surface area is 119 Å². The molecule has 2 heteroatoms. The van der Waals surface area contributed by atoms with Gasteiger partial charge in [-0.15, -0.1) is 0 Å². The number of aryl methyl sites for hydroxylation is 1. The summed E-state index contributed by atoms with van der Waals surface area (Å²) < 4.78 is 0. The Morgan fingerprint density at radius 2 is 1.70 bits per heavy atom. The van der Waals surface area contributed by atoms with Crippen molar-refractivity contribution in [3.05, 3.63) is 60.2 Å². The third-order valence-electron chi connectivity index (χ3n) is 3.05. The first-order valence-electron chi connectivity index (χ1n) is 6.62. The van der Waals surface area contributed by atoms with Gasteiger partial charge in [0, 0.05) is 12.3 Å². The van der Waals surface area contributed by atoms with Crippen molar-refractivity contribution in [2.75, 3.05) is 0 Å². The van der Waals surface area contributed by atoms with E-state index in [0.29, 0.717) is 6.42 Å². The highest BCUT2D eigenvalue weighted by Crippen LogP contribution is 2.24. The average Bonchev–Trinajstić information content (AvgIpc) is 2.48. The summed E-state index contributed by atoms with van der Waals surface area (Å²) in [5.41, 5.74) is 3.72. The fourth-order valence-electron chi connectivity index (χ4n) is 2.14. The van der Waals surface area contributed by atoms with Crippen LogP contribution in [0.1, 0.15) is 18.4 Å². The van der Waals surface area contributed by atoms with Gasteiger partial charge >= 0.3 is 5.97 Å². The van der Waals surface area contributed by atoms with Crippen LogP contribution in [0.5, 0.6) is 0 Å². The second kappa shape index (κ2) is 7.16. The predicted molar refractivity (Wildman–Crippen MR) is 80.2 cm³/mol. The molecule has 0 saturated heterocycles. The number of carboxylic acids is 1. The lowest BCUT2D eigenvalue weighted by Gasteiger charge is -2.08.